The number of likely N-dealkylation sites (tertiary alicyclic amines) is 1. The lowest BCUT2D eigenvalue weighted by Gasteiger charge is -2.34. The van der Waals surface area contributed by atoms with Gasteiger partial charge in [-0.2, -0.15) is 0 Å². The number of amides is 1. The Labute approximate surface area is 116 Å². The van der Waals surface area contributed by atoms with Gasteiger partial charge in [-0.1, -0.05) is 39.0 Å². The lowest BCUT2D eigenvalue weighted by atomic mass is 9.86. The van der Waals surface area contributed by atoms with E-state index in [2.05, 4.69) is 6.92 Å². The molecule has 1 saturated heterocycles. The molecule has 0 bridgehead atoms. The summed E-state index contributed by atoms with van der Waals surface area (Å²) in [6.07, 6.45) is 9.63. The van der Waals surface area contributed by atoms with E-state index in [0.717, 1.165) is 38.3 Å². The summed E-state index contributed by atoms with van der Waals surface area (Å²) in [6.45, 7) is 3.87. The second-order valence-corrected chi connectivity index (χ2v) is 6.73. The molecular formula is C15H26ClNO. The normalized spacial score (nSPS) is 30.4. The van der Waals surface area contributed by atoms with Crippen molar-refractivity contribution in [2.45, 2.75) is 63.7 Å². The van der Waals surface area contributed by atoms with Crippen molar-refractivity contribution in [2.75, 3.05) is 13.1 Å². The Morgan fingerprint density at radius 3 is 2.61 bits per heavy atom. The van der Waals surface area contributed by atoms with Crippen molar-refractivity contribution >= 4 is 17.5 Å². The van der Waals surface area contributed by atoms with Gasteiger partial charge < -0.3 is 4.90 Å². The molecule has 1 heterocycles. The maximum atomic E-state index is 12.2. The summed E-state index contributed by atoms with van der Waals surface area (Å²) in [4.78, 5) is 14.2. The summed E-state index contributed by atoms with van der Waals surface area (Å²) in [7, 11) is 0. The molecule has 1 aliphatic carbocycles. The number of alkyl halides is 1. The molecule has 0 spiro atoms. The maximum absolute atomic E-state index is 12.2. The van der Waals surface area contributed by atoms with Gasteiger partial charge in [0.05, 0.1) is 0 Å². The average molecular weight is 272 g/mol. The van der Waals surface area contributed by atoms with Crippen LogP contribution in [0.25, 0.3) is 0 Å². The molecule has 2 unspecified atom stereocenters. The van der Waals surface area contributed by atoms with Crippen molar-refractivity contribution in [3.05, 3.63) is 0 Å². The van der Waals surface area contributed by atoms with Crippen molar-refractivity contribution in [1.82, 2.24) is 4.90 Å². The Balaban J connectivity index is 1.70. The molecule has 1 saturated carbocycles. The molecule has 0 aromatic carbocycles. The van der Waals surface area contributed by atoms with Crippen LogP contribution in [0.15, 0.2) is 0 Å². The molecule has 2 atom stereocenters. The Bertz CT molecular complexity index is 276. The molecule has 0 radical (unpaired) electrons. The highest BCUT2D eigenvalue weighted by atomic mass is 35.5. The summed E-state index contributed by atoms with van der Waals surface area (Å²) < 4.78 is 0. The maximum Gasteiger partial charge on any atom is 0.222 e. The van der Waals surface area contributed by atoms with Gasteiger partial charge in [0.25, 0.3) is 0 Å². The fourth-order valence-corrected chi connectivity index (χ4v) is 3.48. The van der Waals surface area contributed by atoms with Crippen LogP contribution in [-0.2, 0) is 4.79 Å². The zero-order chi connectivity index (χ0) is 13.0. The molecule has 0 N–H and O–H groups in total. The van der Waals surface area contributed by atoms with Gasteiger partial charge in [0, 0.05) is 24.9 Å². The predicted octanol–water partition coefficient (Wildman–Crippen LogP) is 3.82. The van der Waals surface area contributed by atoms with E-state index in [1.807, 2.05) is 4.90 Å². The van der Waals surface area contributed by atoms with Crippen LogP contribution in [-0.4, -0.2) is 29.3 Å². The first-order valence-electron chi connectivity index (χ1n) is 7.58. The Kier molecular flexibility index (Phi) is 5.35. The van der Waals surface area contributed by atoms with E-state index in [1.54, 1.807) is 0 Å². The molecule has 18 heavy (non-hydrogen) atoms. The van der Waals surface area contributed by atoms with Gasteiger partial charge in [-0.15, -0.1) is 11.6 Å². The minimum Gasteiger partial charge on any atom is -0.342 e. The van der Waals surface area contributed by atoms with Gasteiger partial charge in [-0.05, 0) is 24.7 Å². The third-order valence-corrected chi connectivity index (χ3v) is 5.29. The second kappa shape index (κ2) is 6.79. The van der Waals surface area contributed by atoms with Crippen LogP contribution in [0.1, 0.15) is 58.3 Å². The summed E-state index contributed by atoms with van der Waals surface area (Å²) in [5.74, 6) is 1.61. The number of hydrogen-bond acceptors (Lipinski definition) is 1. The van der Waals surface area contributed by atoms with Gasteiger partial charge in [0.1, 0.15) is 0 Å². The molecule has 2 fully saturated rings. The van der Waals surface area contributed by atoms with Crippen LogP contribution in [0.2, 0.25) is 0 Å². The van der Waals surface area contributed by atoms with Crippen molar-refractivity contribution in [3.8, 4) is 0 Å². The highest BCUT2D eigenvalue weighted by Crippen LogP contribution is 2.28. The third-order valence-electron chi connectivity index (χ3n) is 4.64. The first-order valence-corrected chi connectivity index (χ1v) is 8.02. The van der Waals surface area contributed by atoms with Crippen molar-refractivity contribution < 1.29 is 4.79 Å². The molecule has 1 aliphatic heterocycles. The van der Waals surface area contributed by atoms with Crippen LogP contribution < -0.4 is 0 Å². The number of nitrogens with zero attached hydrogens (tertiary/aromatic N) is 1. The largest absolute Gasteiger partial charge is 0.342 e. The Morgan fingerprint density at radius 1 is 1.22 bits per heavy atom. The second-order valence-electron chi connectivity index (χ2n) is 6.16. The van der Waals surface area contributed by atoms with Crippen LogP contribution in [0, 0.1) is 11.8 Å². The molecule has 3 heteroatoms. The molecule has 1 amide bonds. The minimum atomic E-state index is 0.257. The highest BCUT2D eigenvalue weighted by Gasteiger charge is 2.27. The standard InChI is InChI=1S/C15H26ClNO/c1-12-11-17(10-9-14(12)16)15(18)8-7-13-5-3-2-4-6-13/h12-14H,2-11H2,1H3. The first-order chi connectivity index (χ1) is 8.66. The monoisotopic (exact) mass is 271 g/mol. The minimum absolute atomic E-state index is 0.257. The van der Waals surface area contributed by atoms with E-state index in [1.165, 1.54) is 32.1 Å². The van der Waals surface area contributed by atoms with Crippen molar-refractivity contribution in [3.63, 3.8) is 0 Å². The SMILES string of the molecule is CC1CN(C(=O)CCC2CCCCC2)CCC1Cl. The Morgan fingerprint density at radius 2 is 1.94 bits per heavy atom. The van der Waals surface area contributed by atoms with E-state index < -0.39 is 0 Å². The number of carbonyl (C=O) groups excluding carboxylic acids is 1. The van der Waals surface area contributed by atoms with Crippen LogP contribution >= 0.6 is 11.6 Å². The fourth-order valence-electron chi connectivity index (χ4n) is 3.31. The smallest absolute Gasteiger partial charge is 0.222 e. The number of carbonyl (C=O) groups is 1. The van der Waals surface area contributed by atoms with E-state index >= 15 is 0 Å². The Hall–Kier alpha value is -0.240. The zero-order valence-electron chi connectivity index (χ0n) is 11.5. The highest BCUT2D eigenvalue weighted by molar-refractivity contribution is 6.20. The van der Waals surface area contributed by atoms with Gasteiger partial charge in [-0.3, -0.25) is 4.79 Å². The topological polar surface area (TPSA) is 20.3 Å². The van der Waals surface area contributed by atoms with E-state index in [-0.39, 0.29) is 5.38 Å². The lowest BCUT2D eigenvalue weighted by Crippen LogP contribution is -2.43. The van der Waals surface area contributed by atoms with Gasteiger partial charge in [-0.25, -0.2) is 0 Å². The molecule has 0 aromatic heterocycles. The van der Waals surface area contributed by atoms with Gasteiger partial charge >= 0.3 is 0 Å². The van der Waals surface area contributed by atoms with Crippen molar-refractivity contribution in [1.29, 1.82) is 0 Å². The third kappa shape index (κ3) is 3.88. The van der Waals surface area contributed by atoms with E-state index in [4.69, 9.17) is 11.6 Å². The first kappa shape index (κ1) is 14.2. The van der Waals surface area contributed by atoms with E-state index in [0.29, 0.717) is 11.8 Å². The predicted molar refractivity (Wildman–Crippen MR) is 75.8 cm³/mol. The molecule has 2 aliphatic rings. The van der Waals surface area contributed by atoms with Crippen LogP contribution in [0.3, 0.4) is 0 Å². The van der Waals surface area contributed by atoms with Crippen molar-refractivity contribution in [2.24, 2.45) is 11.8 Å². The number of piperidine rings is 1. The summed E-state index contributed by atoms with van der Waals surface area (Å²) in [5, 5.41) is 0.257. The van der Waals surface area contributed by atoms with Crippen LogP contribution in [0.4, 0.5) is 0 Å². The lowest BCUT2D eigenvalue weighted by molar-refractivity contribution is -0.133. The summed E-state index contributed by atoms with van der Waals surface area (Å²) >= 11 is 6.20. The molecule has 2 nitrogen and oxygen atoms in total. The molecule has 104 valence electrons. The summed E-state index contributed by atoms with van der Waals surface area (Å²) in [6, 6.07) is 0. The van der Waals surface area contributed by atoms with Gasteiger partial charge in [0.2, 0.25) is 5.91 Å². The number of hydrogen-bond donors (Lipinski definition) is 0. The van der Waals surface area contributed by atoms with E-state index in [9.17, 15) is 4.79 Å². The number of halogens is 1. The average Bonchev–Trinajstić information content (AvgIpc) is 2.40. The summed E-state index contributed by atoms with van der Waals surface area (Å²) in [5.41, 5.74) is 0. The quantitative estimate of drug-likeness (QED) is 0.715. The van der Waals surface area contributed by atoms with Crippen LogP contribution in [0.5, 0.6) is 0 Å². The fraction of sp³-hybridized carbons (Fsp3) is 0.933. The molecular weight excluding hydrogens is 246 g/mol. The molecule has 2 rings (SSSR count). The van der Waals surface area contributed by atoms with Gasteiger partial charge in [0.15, 0.2) is 0 Å². The zero-order valence-corrected chi connectivity index (χ0v) is 12.3. The number of rotatable bonds is 3. The molecule has 0 aromatic rings.